The number of piperazine rings is 1. The van der Waals surface area contributed by atoms with Crippen LogP contribution in [0, 0.1) is 0 Å². The first-order valence-corrected chi connectivity index (χ1v) is 11.7. The maximum atomic E-state index is 12.9. The number of piperidine rings is 1. The van der Waals surface area contributed by atoms with Crippen molar-refractivity contribution in [3.8, 4) is 0 Å². The molecule has 1 aromatic heterocycles. The van der Waals surface area contributed by atoms with Gasteiger partial charge >= 0.3 is 0 Å². The minimum Gasteiger partial charge on any atom is -0.366 e. The molecule has 2 aromatic rings. The molecule has 8 nitrogen and oxygen atoms in total. The molecule has 2 saturated heterocycles. The lowest BCUT2D eigenvalue weighted by Crippen LogP contribution is -2.52. The lowest BCUT2D eigenvalue weighted by Gasteiger charge is -2.36. The van der Waals surface area contributed by atoms with Gasteiger partial charge in [0.25, 0.3) is 5.91 Å². The van der Waals surface area contributed by atoms with Gasteiger partial charge in [0, 0.05) is 63.6 Å². The fourth-order valence-electron chi connectivity index (χ4n) is 4.82. The van der Waals surface area contributed by atoms with E-state index in [1.807, 2.05) is 12.1 Å². The van der Waals surface area contributed by atoms with E-state index in [-0.39, 0.29) is 24.1 Å². The summed E-state index contributed by atoms with van der Waals surface area (Å²) in [6.45, 7) is 4.47. The summed E-state index contributed by atoms with van der Waals surface area (Å²) < 4.78 is 0. The van der Waals surface area contributed by atoms with E-state index >= 15 is 0 Å². The topological polar surface area (TPSA) is 85.9 Å². The van der Waals surface area contributed by atoms with Gasteiger partial charge in [-0.1, -0.05) is 35.3 Å². The van der Waals surface area contributed by atoms with Crippen LogP contribution in [0.2, 0.25) is 10.0 Å². The highest BCUT2D eigenvalue weighted by molar-refractivity contribution is 6.38. The van der Waals surface area contributed by atoms with Gasteiger partial charge in [-0.3, -0.25) is 29.6 Å². The third kappa shape index (κ3) is 4.30. The van der Waals surface area contributed by atoms with Gasteiger partial charge in [-0.15, -0.1) is 0 Å². The molecule has 4 heterocycles. The van der Waals surface area contributed by atoms with E-state index in [0.29, 0.717) is 28.6 Å². The van der Waals surface area contributed by atoms with Crippen molar-refractivity contribution in [2.45, 2.75) is 32.0 Å². The van der Waals surface area contributed by atoms with Crippen molar-refractivity contribution in [3.63, 3.8) is 0 Å². The van der Waals surface area contributed by atoms with Crippen LogP contribution in [0.1, 0.15) is 34.3 Å². The van der Waals surface area contributed by atoms with Gasteiger partial charge in [0.15, 0.2) is 0 Å². The molecule has 3 amide bonds. The van der Waals surface area contributed by atoms with Gasteiger partial charge in [0.2, 0.25) is 11.8 Å². The molecule has 1 unspecified atom stereocenters. The molecule has 3 aliphatic rings. The average Bonchev–Trinajstić information content (AvgIpc) is 3.10. The van der Waals surface area contributed by atoms with Crippen LogP contribution in [0.5, 0.6) is 0 Å². The Morgan fingerprint density at radius 2 is 1.76 bits per heavy atom. The zero-order valence-electron chi connectivity index (χ0n) is 17.9. The Balaban J connectivity index is 1.23. The third-order valence-corrected chi connectivity index (χ3v) is 7.06. The minimum atomic E-state index is -0.592. The number of hydrogen-bond acceptors (Lipinski definition) is 6. The number of imide groups is 1. The van der Waals surface area contributed by atoms with Crippen molar-refractivity contribution in [1.82, 2.24) is 20.1 Å². The van der Waals surface area contributed by atoms with E-state index in [0.717, 1.165) is 49.5 Å². The van der Waals surface area contributed by atoms with Crippen LogP contribution in [0.4, 0.5) is 5.69 Å². The number of amides is 3. The largest absolute Gasteiger partial charge is 0.366 e. The average molecular weight is 488 g/mol. The Hall–Kier alpha value is -2.68. The molecule has 172 valence electrons. The molecule has 1 N–H and O–H groups in total. The van der Waals surface area contributed by atoms with E-state index in [4.69, 9.17) is 23.2 Å². The Labute approximate surface area is 201 Å². The predicted molar refractivity (Wildman–Crippen MR) is 124 cm³/mol. The summed E-state index contributed by atoms with van der Waals surface area (Å²) >= 11 is 12.6. The molecule has 2 fully saturated rings. The molecular formula is C23H23Cl2N5O3. The Morgan fingerprint density at radius 1 is 1.03 bits per heavy atom. The monoisotopic (exact) mass is 487 g/mol. The Kier molecular flexibility index (Phi) is 5.99. The number of benzene rings is 1. The number of halogens is 2. The molecule has 10 heteroatoms. The molecule has 1 atom stereocenters. The predicted octanol–water partition coefficient (Wildman–Crippen LogP) is 2.47. The minimum absolute atomic E-state index is 0.147. The van der Waals surface area contributed by atoms with Crippen LogP contribution in [0.25, 0.3) is 0 Å². The molecule has 0 saturated carbocycles. The molecule has 0 aliphatic carbocycles. The van der Waals surface area contributed by atoms with Crippen LogP contribution in [0.15, 0.2) is 30.6 Å². The molecule has 1 aromatic carbocycles. The normalized spacial score (nSPS) is 21.4. The molecule has 0 spiro atoms. The van der Waals surface area contributed by atoms with Crippen LogP contribution < -0.4 is 10.2 Å². The molecule has 3 aliphatic heterocycles. The van der Waals surface area contributed by atoms with Gasteiger partial charge in [-0.25, -0.2) is 0 Å². The number of carbonyl (C=O) groups excluding carboxylic acids is 3. The number of hydrogen-bond donors (Lipinski definition) is 1. The number of nitrogens with one attached hydrogen (secondary N) is 1. The quantitative estimate of drug-likeness (QED) is 0.666. The maximum Gasteiger partial charge on any atom is 0.255 e. The highest BCUT2D eigenvalue weighted by Gasteiger charge is 2.39. The first-order chi connectivity index (χ1) is 15.9. The fourth-order valence-corrected chi connectivity index (χ4v) is 5.42. The standard InChI is InChI=1S/C23H23Cl2N5O3/c24-17-10-26-11-18(25)21(17)29-7-5-28(6-8-29)12-14-1-2-16-15(9-14)13-30(23(16)33)19-3-4-20(31)27-22(19)32/h1-2,9-11,19H,3-8,12-13H2,(H,27,31,32). The molecule has 0 bridgehead atoms. The van der Waals surface area contributed by atoms with Crippen molar-refractivity contribution in [3.05, 3.63) is 57.3 Å². The zero-order valence-corrected chi connectivity index (χ0v) is 19.4. The van der Waals surface area contributed by atoms with Gasteiger partial charge < -0.3 is 9.80 Å². The number of pyridine rings is 1. The first kappa shape index (κ1) is 22.1. The van der Waals surface area contributed by atoms with E-state index < -0.39 is 6.04 Å². The second-order valence-corrected chi connectivity index (χ2v) is 9.42. The summed E-state index contributed by atoms with van der Waals surface area (Å²) in [5, 5.41) is 3.45. The number of fused-ring (bicyclic) bond motifs is 1. The smallest absolute Gasteiger partial charge is 0.255 e. The number of aromatic nitrogens is 1. The van der Waals surface area contributed by atoms with Gasteiger partial charge in [0.05, 0.1) is 15.7 Å². The molecule has 0 radical (unpaired) electrons. The number of carbonyl (C=O) groups is 3. The Morgan fingerprint density at radius 3 is 2.45 bits per heavy atom. The van der Waals surface area contributed by atoms with Crippen molar-refractivity contribution in [1.29, 1.82) is 0 Å². The van der Waals surface area contributed by atoms with Gasteiger partial charge in [-0.05, 0) is 23.6 Å². The van der Waals surface area contributed by atoms with Crippen molar-refractivity contribution in [2.75, 3.05) is 31.1 Å². The van der Waals surface area contributed by atoms with Crippen LogP contribution >= 0.6 is 23.2 Å². The van der Waals surface area contributed by atoms with E-state index in [1.54, 1.807) is 17.3 Å². The second-order valence-electron chi connectivity index (χ2n) is 8.61. The third-order valence-electron chi connectivity index (χ3n) is 6.51. The lowest BCUT2D eigenvalue weighted by atomic mass is 10.0. The fraction of sp³-hybridized carbons (Fsp3) is 0.391. The van der Waals surface area contributed by atoms with E-state index in [1.165, 1.54) is 0 Å². The van der Waals surface area contributed by atoms with E-state index in [2.05, 4.69) is 26.2 Å². The van der Waals surface area contributed by atoms with Crippen LogP contribution in [-0.2, 0) is 22.7 Å². The van der Waals surface area contributed by atoms with Gasteiger partial charge in [0.1, 0.15) is 6.04 Å². The summed E-state index contributed by atoms with van der Waals surface area (Å²) in [5.74, 6) is -0.818. The molecule has 33 heavy (non-hydrogen) atoms. The Bertz CT molecular complexity index is 1110. The zero-order chi connectivity index (χ0) is 23.1. The molecule has 5 rings (SSSR count). The van der Waals surface area contributed by atoms with Crippen LogP contribution in [0.3, 0.4) is 0 Å². The maximum absolute atomic E-state index is 12.9. The summed E-state index contributed by atoms with van der Waals surface area (Å²) in [5.41, 5.74) is 3.52. The van der Waals surface area contributed by atoms with Crippen LogP contribution in [-0.4, -0.2) is 64.7 Å². The highest BCUT2D eigenvalue weighted by atomic mass is 35.5. The lowest BCUT2D eigenvalue weighted by molar-refractivity contribution is -0.136. The summed E-state index contributed by atoms with van der Waals surface area (Å²) in [6, 6.07) is 5.30. The van der Waals surface area contributed by atoms with Crippen molar-refractivity contribution >= 4 is 46.6 Å². The number of anilines is 1. The summed E-state index contributed by atoms with van der Waals surface area (Å²) in [6.07, 6.45) is 3.84. The first-order valence-electron chi connectivity index (χ1n) is 10.9. The second kappa shape index (κ2) is 8.93. The SMILES string of the molecule is O=C1CCC(N2Cc3cc(CN4CCN(c5c(Cl)cncc5Cl)CC4)ccc3C2=O)C(=O)N1. The highest BCUT2D eigenvalue weighted by Crippen LogP contribution is 2.33. The number of rotatable bonds is 4. The van der Waals surface area contributed by atoms with Crippen molar-refractivity contribution in [2.24, 2.45) is 0 Å². The molecular weight excluding hydrogens is 465 g/mol. The summed E-state index contributed by atoms with van der Waals surface area (Å²) in [4.78, 5) is 46.7. The van der Waals surface area contributed by atoms with E-state index in [9.17, 15) is 14.4 Å². The van der Waals surface area contributed by atoms with Gasteiger partial charge in [-0.2, -0.15) is 0 Å². The summed E-state index contributed by atoms with van der Waals surface area (Å²) in [7, 11) is 0. The van der Waals surface area contributed by atoms with Crippen molar-refractivity contribution < 1.29 is 14.4 Å². The number of nitrogens with zero attached hydrogens (tertiary/aromatic N) is 4.